The Morgan fingerprint density at radius 1 is 0.857 bits per heavy atom. The predicted molar refractivity (Wildman–Crippen MR) is 116 cm³/mol. The van der Waals surface area contributed by atoms with Crippen LogP contribution in [-0.4, -0.2) is 123 Å². The van der Waals surface area contributed by atoms with Gasteiger partial charge in [-0.1, -0.05) is 0 Å². The van der Waals surface area contributed by atoms with Crippen molar-refractivity contribution in [2.75, 3.05) is 39.5 Å². The Hall–Kier alpha value is -3.16. The number of primary amides is 1. The van der Waals surface area contributed by atoms with Crippen LogP contribution in [0.5, 0.6) is 0 Å². The van der Waals surface area contributed by atoms with Crippen LogP contribution in [0.25, 0.3) is 0 Å². The number of imide groups is 1. The number of carbonyl (C=O) groups excluding carboxylic acids is 8. The Labute approximate surface area is 215 Å². The molecule has 1 unspecified atom stereocenters. The number of nitrogens with two attached hydrogens (primary N) is 1. The Balaban J connectivity index is 2.27. The summed E-state index contributed by atoms with van der Waals surface area (Å²) in [7, 11) is 0. The number of amides is 8. The topological polar surface area (TPSA) is 235 Å². The average molecular weight is 692 g/mol. The average Bonchev–Trinajstić information content (AvgIpc) is 3.12. The van der Waals surface area contributed by atoms with Gasteiger partial charge in [-0.3, -0.25) is 9.59 Å². The first kappa shape index (κ1) is 29.9. The molecule has 0 aromatic rings. The van der Waals surface area contributed by atoms with Crippen molar-refractivity contribution in [3.8, 4) is 0 Å². The van der Waals surface area contributed by atoms with Crippen LogP contribution in [0.1, 0.15) is 12.8 Å². The fourth-order valence-electron chi connectivity index (χ4n) is 2.51. The first-order chi connectivity index (χ1) is 16.5. The molecule has 0 aliphatic carbocycles. The summed E-state index contributed by atoms with van der Waals surface area (Å²) in [6.07, 6.45) is 0.0864. The van der Waals surface area contributed by atoms with E-state index in [-0.39, 0.29) is 26.2 Å². The Morgan fingerprint density at radius 3 is 2.00 bits per heavy atom. The summed E-state index contributed by atoms with van der Waals surface area (Å²) in [5, 5.41) is 11.6. The number of nitrogens with one attached hydrogen (secondary N) is 5. The minimum Gasteiger partial charge on any atom is -0.274 e. The van der Waals surface area contributed by atoms with Crippen LogP contribution in [0.2, 0.25) is 3.98 Å². The molecule has 0 bridgehead atoms. The first-order valence-corrected chi connectivity index (χ1v) is 13.0. The number of hydrogen-bond acceptors (Lipinski definition) is 9. The van der Waals surface area contributed by atoms with Gasteiger partial charge in [-0.2, -0.15) is 0 Å². The maximum atomic E-state index is 12.2. The third kappa shape index (κ3) is 12.2. The van der Waals surface area contributed by atoms with Gasteiger partial charge in [-0.05, 0) is 0 Å². The van der Waals surface area contributed by atoms with Gasteiger partial charge in [0.2, 0.25) is 11.8 Å². The van der Waals surface area contributed by atoms with E-state index in [0.717, 1.165) is 4.90 Å². The molecular formula is C18H26N7O9Pb. The third-order valence-corrected chi connectivity index (χ3v) is 5.83. The van der Waals surface area contributed by atoms with E-state index >= 15 is 0 Å². The Bertz CT molecular complexity index is 851. The Morgan fingerprint density at radius 2 is 1.40 bits per heavy atom. The van der Waals surface area contributed by atoms with Gasteiger partial charge >= 0.3 is 181 Å². The summed E-state index contributed by atoms with van der Waals surface area (Å²) in [5.74, 6) is -4.89. The normalized spacial score (nSPS) is 13.6. The summed E-state index contributed by atoms with van der Waals surface area (Å²) in [6.45, 7) is -2.47. The van der Waals surface area contributed by atoms with E-state index < -0.39 is 79.5 Å². The fourth-order valence-corrected chi connectivity index (χ4v) is 3.63. The van der Waals surface area contributed by atoms with Gasteiger partial charge in [0.05, 0.1) is 0 Å². The van der Waals surface area contributed by atoms with Crippen molar-refractivity contribution in [1.82, 2.24) is 31.5 Å². The molecule has 3 radical (unpaired) electrons. The standard InChI is InChI=1S/C18H26N7O9.Pb/c1-10(18(33)22-5-13(28)23-9-34-8-11(19)26)24-14(29)6-20-12(27)4-21-15(30)7-25-16(31)2-3-17(25)32;/h10H,1-9H2,(H2,19,26)(H,20,27)(H,21,30)(H,22,33)(H,23,28)(H,24,29);. The second-order valence-electron chi connectivity index (χ2n) is 7.03. The van der Waals surface area contributed by atoms with E-state index in [4.69, 9.17) is 10.5 Å². The van der Waals surface area contributed by atoms with Gasteiger partial charge in [0.15, 0.2) is 0 Å². The van der Waals surface area contributed by atoms with Crippen molar-refractivity contribution < 1.29 is 43.1 Å². The zero-order chi connectivity index (χ0) is 26.4. The summed E-state index contributed by atoms with van der Waals surface area (Å²) in [6, 6.07) is -0.916. The molecule has 35 heavy (non-hydrogen) atoms. The maximum absolute atomic E-state index is 12.2. The first-order valence-electron chi connectivity index (χ1n) is 10.2. The molecular weight excluding hydrogens is 665 g/mol. The molecule has 1 rings (SSSR count). The molecule has 17 heteroatoms. The Kier molecular flexibility index (Phi) is 13.4. The minimum atomic E-state index is -0.916. The number of rotatable bonds is 15. The van der Waals surface area contributed by atoms with Gasteiger partial charge in [0, 0.05) is 12.8 Å². The molecule has 7 N–H and O–H groups in total. The quantitative estimate of drug-likeness (QED) is 0.0415. The van der Waals surface area contributed by atoms with Gasteiger partial charge in [0.1, 0.15) is 0 Å². The number of carbonyl (C=O) groups is 8. The van der Waals surface area contributed by atoms with E-state index in [1.165, 1.54) is 0 Å². The van der Waals surface area contributed by atoms with Crippen LogP contribution in [0.15, 0.2) is 0 Å². The molecule has 16 nitrogen and oxygen atoms in total. The summed E-state index contributed by atoms with van der Waals surface area (Å²) in [4.78, 5) is 93.7. The number of nitrogens with zero attached hydrogens (tertiary/aromatic N) is 1. The van der Waals surface area contributed by atoms with E-state index in [0.29, 0.717) is 29.7 Å². The van der Waals surface area contributed by atoms with Gasteiger partial charge in [-0.25, -0.2) is 0 Å². The molecule has 0 aromatic heterocycles. The second-order valence-corrected chi connectivity index (χ2v) is 8.62. The molecule has 0 aromatic carbocycles. The molecule has 1 atom stereocenters. The van der Waals surface area contributed by atoms with Crippen molar-refractivity contribution in [1.29, 1.82) is 0 Å². The molecule has 1 aliphatic heterocycles. The van der Waals surface area contributed by atoms with Gasteiger partial charge in [-0.15, -0.1) is 0 Å². The van der Waals surface area contributed by atoms with Crippen molar-refractivity contribution >= 4 is 73.0 Å². The van der Waals surface area contributed by atoms with Crippen LogP contribution < -0.4 is 32.3 Å². The van der Waals surface area contributed by atoms with Crippen LogP contribution in [-0.2, 0) is 43.1 Å². The molecule has 1 saturated heterocycles. The molecule has 0 spiro atoms. The predicted octanol–water partition coefficient (Wildman–Crippen LogP) is -5.87. The van der Waals surface area contributed by atoms with Crippen molar-refractivity contribution in [3.63, 3.8) is 0 Å². The van der Waals surface area contributed by atoms with E-state index in [2.05, 4.69) is 26.6 Å². The zero-order valence-electron chi connectivity index (χ0n) is 18.6. The second kappa shape index (κ2) is 15.7. The number of likely N-dealkylation sites (tertiary alicyclic amines) is 1. The minimum absolute atomic E-state index is 0.0432. The van der Waals surface area contributed by atoms with Gasteiger partial charge in [0.25, 0.3) is 0 Å². The van der Waals surface area contributed by atoms with Crippen LogP contribution in [0.3, 0.4) is 0 Å². The van der Waals surface area contributed by atoms with Crippen LogP contribution in [0, 0.1) is 0 Å². The van der Waals surface area contributed by atoms with E-state index in [9.17, 15) is 38.4 Å². The van der Waals surface area contributed by atoms with E-state index in [1.54, 1.807) is 0 Å². The molecule has 8 amide bonds. The van der Waals surface area contributed by atoms with Crippen molar-refractivity contribution in [2.24, 2.45) is 5.73 Å². The molecule has 1 fully saturated rings. The SMILES string of the molecule is NC(=O)COCNC(=O)CNC(=O)C([CH2][Pb])NC(=O)CNC(=O)CNC(=O)CN1C(=O)CCC1=O. The summed E-state index contributed by atoms with van der Waals surface area (Å²) in [5.41, 5.74) is 4.87. The molecule has 191 valence electrons. The van der Waals surface area contributed by atoms with Crippen LogP contribution in [0.4, 0.5) is 0 Å². The molecule has 1 heterocycles. The number of hydrogen-bond donors (Lipinski definition) is 6. The van der Waals surface area contributed by atoms with Crippen molar-refractivity contribution in [3.05, 3.63) is 0 Å². The summed E-state index contributed by atoms with van der Waals surface area (Å²) >= 11 is 0.552. The monoisotopic (exact) mass is 692 g/mol. The van der Waals surface area contributed by atoms with Crippen molar-refractivity contribution in [2.45, 2.75) is 22.9 Å². The zero-order valence-corrected chi connectivity index (χ0v) is 22.5. The number of ether oxygens (including phenoxy) is 1. The van der Waals surface area contributed by atoms with Crippen LogP contribution >= 0.6 is 0 Å². The third-order valence-electron chi connectivity index (χ3n) is 4.24. The fraction of sp³-hybridized carbons (Fsp3) is 0.556. The van der Waals surface area contributed by atoms with Gasteiger partial charge < -0.3 is 0 Å². The smallest absolute Gasteiger partial charge is 0.274 e. The molecule has 0 saturated carbocycles. The van der Waals surface area contributed by atoms with E-state index in [1.807, 2.05) is 0 Å². The molecule has 1 aliphatic rings. The summed E-state index contributed by atoms with van der Waals surface area (Å²) < 4.78 is 5.08.